The van der Waals surface area contributed by atoms with E-state index in [1.807, 2.05) is 13.8 Å². The quantitative estimate of drug-likeness (QED) is 0.206. The van der Waals surface area contributed by atoms with E-state index >= 15 is 4.39 Å². The third-order valence-corrected chi connectivity index (χ3v) is 6.58. The summed E-state index contributed by atoms with van der Waals surface area (Å²) < 4.78 is 41.6. The number of halogens is 2. The van der Waals surface area contributed by atoms with Crippen LogP contribution in [-0.4, -0.2) is 54.7 Å². The highest BCUT2D eigenvalue weighted by atomic mass is 19.1. The molecule has 0 radical (unpaired) electrons. The van der Waals surface area contributed by atoms with E-state index in [1.54, 1.807) is 27.0 Å². The van der Waals surface area contributed by atoms with Crippen LogP contribution in [0.1, 0.15) is 44.2 Å². The van der Waals surface area contributed by atoms with Gasteiger partial charge in [-0.2, -0.15) is 10.2 Å². The van der Waals surface area contributed by atoms with Gasteiger partial charge in [-0.25, -0.2) is 27.8 Å². The number of pyridine rings is 1. The smallest absolute Gasteiger partial charge is 0.352 e. The summed E-state index contributed by atoms with van der Waals surface area (Å²) in [4.78, 5) is 43.7. The summed E-state index contributed by atoms with van der Waals surface area (Å²) in [6.45, 7) is 7.51. The number of carbonyl (C=O) groups is 1. The molecule has 5 rings (SSSR count). The maximum Gasteiger partial charge on any atom is 0.352 e. The minimum atomic E-state index is -1.03. The first kappa shape index (κ1) is 31.0. The molecule has 0 saturated heterocycles. The second-order valence-electron chi connectivity index (χ2n) is 11.0. The number of hydrogen-bond acceptors (Lipinski definition) is 9. The minimum absolute atomic E-state index is 0.00598. The second-order valence-corrected chi connectivity index (χ2v) is 11.0. The lowest BCUT2D eigenvalue weighted by Crippen LogP contribution is -2.45. The molecular formula is C30H30F2N8O5. The van der Waals surface area contributed by atoms with Crippen LogP contribution >= 0.6 is 0 Å². The number of anilines is 2. The average Bonchev–Trinajstić information content (AvgIpc) is 3.38. The molecule has 0 unspecified atom stereocenters. The summed E-state index contributed by atoms with van der Waals surface area (Å²) in [5.74, 6) is -1.84. The van der Waals surface area contributed by atoms with Crippen LogP contribution in [0.25, 0.3) is 16.7 Å². The molecule has 1 amide bonds. The third kappa shape index (κ3) is 6.43. The number of aromatic nitrogens is 6. The normalized spacial score (nSPS) is 11.6. The number of nitrogens with zero attached hydrogens (tertiary/aromatic N) is 5. The van der Waals surface area contributed by atoms with E-state index in [0.29, 0.717) is 23.5 Å². The predicted molar refractivity (Wildman–Crippen MR) is 162 cm³/mol. The van der Waals surface area contributed by atoms with Crippen molar-refractivity contribution < 1.29 is 23.0 Å². The fourth-order valence-electron chi connectivity index (χ4n) is 4.57. The number of H-pyrrole nitrogens is 1. The van der Waals surface area contributed by atoms with Crippen molar-refractivity contribution in [3.05, 3.63) is 92.9 Å². The predicted octanol–water partition coefficient (Wildman–Crippen LogP) is 4.41. The molecule has 3 heterocycles. The van der Waals surface area contributed by atoms with Gasteiger partial charge in [-0.3, -0.25) is 14.7 Å². The summed E-state index contributed by atoms with van der Waals surface area (Å²) in [5, 5.41) is 17.3. The van der Waals surface area contributed by atoms with Gasteiger partial charge in [0.25, 0.3) is 11.5 Å². The molecule has 234 valence electrons. The number of ether oxygens (including phenoxy) is 2. The molecule has 13 nitrogen and oxygen atoms in total. The van der Waals surface area contributed by atoms with Gasteiger partial charge in [-0.05, 0) is 64.1 Å². The Morgan fingerprint density at radius 3 is 2.47 bits per heavy atom. The summed E-state index contributed by atoms with van der Waals surface area (Å²) in [7, 11) is 1.58. The topological polar surface area (TPSA) is 158 Å². The fourth-order valence-corrected chi connectivity index (χ4v) is 4.57. The van der Waals surface area contributed by atoms with E-state index in [1.165, 1.54) is 30.5 Å². The Hall–Kier alpha value is -5.44. The van der Waals surface area contributed by atoms with Gasteiger partial charge in [-0.1, -0.05) is 0 Å². The number of methoxy groups -OCH3 is 1. The number of aromatic amines is 1. The Bertz CT molecular complexity index is 2000. The Morgan fingerprint density at radius 1 is 1.07 bits per heavy atom. The highest BCUT2D eigenvalue weighted by molar-refractivity contribution is 6.02. The van der Waals surface area contributed by atoms with E-state index in [-0.39, 0.29) is 22.9 Å². The Kier molecular flexibility index (Phi) is 8.46. The van der Waals surface area contributed by atoms with Gasteiger partial charge in [0.15, 0.2) is 23.0 Å². The van der Waals surface area contributed by atoms with Gasteiger partial charge < -0.3 is 20.1 Å². The number of fused-ring (bicyclic) bond motifs is 1. The van der Waals surface area contributed by atoms with Crippen LogP contribution in [0.2, 0.25) is 0 Å². The molecule has 0 aliphatic carbocycles. The second kappa shape index (κ2) is 12.3. The van der Waals surface area contributed by atoms with Crippen LogP contribution in [-0.2, 0) is 4.74 Å². The molecule has 0 aliphatic heterocycles. The molecule has 0 spiro atoms. The summed E-state index contributed by atoms with van der Waals surface area (Å²) in [5.41, 5.74) is -2.50. The molecule has 45 heavy (non-hydrogen) atoms. The number of nitrogens with one attached hydrogen (secondary N) is 3. The van der Waals surface area contributed by atoms with Crippen molar-refractivity contribution in [1.82, 2.24) is 29.5 Å². The van der Waals surface area contributed by atoms with Crippen molar-refractivity contribution in [3.63, 3.8) is 0 Å². The van der Waals surface area contributed by atoms with Gasteiger partial charge in [0.1, 0.15) is 17.0 Å². The molecule has 5 aromatic rings. The van der Waals surface area contributed by atoms with Crippen LogP contribution < -0.4 is 26.6 Å². The minimum Gasteiger partial charge on any atom is -0.453 e. The zero-order valence-electron chi connectivity index (χ0n) is 25.0. The lowest BCUT2D eigenvalue weighted by molar-refractivity contribution is 0.101. The van der Waals surface area contributed by atoms with Crippen molar-refractivity contribution in [3.8, 4) is 17.2 Å². The molecule has 0 aliphatic rings. The van der Waals surface area contributed by atoms with Crippen LogP contribution in [0.4, 0.5) is 20.3 Å². The van der Waals surface area contributed by atoms with Gasteiger partial charge in [-0.15, -0.1) is 0 Å². The zero-order chi connectivity index (χ0) is 32.5. The summed E-state index contributed by atoms with van der Waals surface area (Å²) in [6.07, 6.45) is 1.48. The van der Waals surface area contributed by atoms with E-state index in [9.17, 15) is 18.8 Å². The van der Waals surface area contributed by atoms with Crippen molar-refractivity contribution >= 4 is 28.4 Å². The lowest BCUT2D eigenvalue weighted by atomic mass is 10.1. The van der Waals surface area contributed by atoms with Crippen molar-refractivity contribution in [2.75, 3.05) is 24.4 Å². The van der Waals surface area contributed by atoms with Crippen LogP contribution in [0, 0.1) is 11.6 Å². The number of hydrogen-bond donors (Lipinski definition) is 3. The molecule has 0 atom stereocenters. The van der Waals surface area contributed by atoms with Gasteiger partial charge in [0.05, 0.1) is 23.9 Å². The monoisotopic (exact) mass is 620 g/mol. The highest BCUT2D eigenvalue weighted by Gasteiger charge is 2.24. The van der Waals surface area contributed by atoms with Crippen molar-refractivity contribution in [2.24, 2.45) is 0 Å². The largest absolute Gasteiger partial charge is 0.453 e. The fraction of sp³-hybridized carbons (Fsp3) is 0.267. The molecule has 2 aromatic carbocycles. The number of amides is 1. The molecule has 3 aromatic heterocycles. The number of benzene rings is 2. The van der Waals surface area contributed by atoms with Crippen LogP contribution in [0.5, 0.6) is 11.5 Å². The lowest BCUT2D eigenvalue weighted by Gasteiger charge is -2.25. The van der Waals surface area contributed by atoms with Gasteiger partial charge in [0.2, 0.25) is 5.69 Å². The maximum absolute atomic E-state index is 15.3. The third-order valence-electron chi connectivity index (χ3n) is 6.58. The zero-order valence-corrected chi connectivity index (χ0v) is 25.0. The number of carbonyl (C=O) groups excluding carboxylic acids is 1. The Labute approximate surface area is 254 Å². The van der Waals surface area contributed by atoms with Crippen molar-refractivity contribution in [1.29, 1.82) is 0 Å². The van der Waals surface area contributed by atoms with Crippen LogP contribution in [0.15, 0.2) is 64.3 Å². The van der Waals surface area contributed by atoms with Crippen molar-refractivity contribution in [2.45, 2.75) is 39.3 Å². The SMILES string of the molecule is COCC(C)(C)Nc1n[nH]c2nccc(Oc3ccc(NC(=O)c4nn(C(C)C)c(=O)n(-c5ccc(F)cc5)c4=O)cc3F)c12. The Morgan fingerprint density at radius 2 is 1.80 bits per heavy atom. The molecular weight excluding hydrogens is 590 g/mol. The van der Waals surface area contributed by atoms with E-state index in [4.69, 9.17) is 9.47 Å². The standard InChI is InChI=1S/C30H30F2N8O5/c1-16(2)40-29(43)39(19-9-6-17(31)7-10-19)28(42)24(38-40)27(41)34-18-8-11-21(20(32)14-18)45-22-12-13-33-25-23(22)26(37-36-25)35-30(3,4)15-44-5/h6-14,16H,15H2,1-5H3,(H,34,41)(H2,33,35,36,37). The van der Waals surface area contributed by atoms with E-state index in [0.717, 1.165) is 27.4 Å². The first-order valence-corrected chi connectivity index (χ1v) is 13.8. The van der Waals surface area contributed by atoms with Gasteiger partial charge >= 0.3 is 5.69 Å². The molecule has 0 bridgehead atoms. The molecule has 0 saturated carbocycles. The maximum atomic E-state index is 15.3. The molecule has 3 N–H and O–H groups in total. The number of rotatable bonds is 10. The van der Waals surface area contributed by atoms with Gasteiger partial charge in [0, 0.05) is 31.1 Å². The molecule has 0 fully saturated rings. The first-order valence-electron chi connectivity index (χ1n) is 13.8. The summed E-state index contributed by atoms with van der Waals surface area (Å²) >= 11 is 0. The Balaban J connectivity index is 1.43. The van der Waals surface area contributed by atoms with E-state index < -0.39 is 46.1 Å². The van der Waals surface area contributed by atoms with E-state index in [2.05, 4.69) is 30.9 Å². The highest BCUT2D eigenvalue weighted by Crippen LogP contribution is 2.35. The first-order chi connectivity index (χ1) is 21.4. The average molecular weight is 621 g/mol. The summed E-state index contributed by atoms with van der Waals surface area (Å²) in [6, 6.07) is 9.35. The molecule has 15 heteroatoms. The van der Waals surface area contributed by atoms with Crippen LogP contribution in [0.3, 0.4) is 0 Å².